The van der Waals surface area contributed by atoms with Gasteiger partial charge in [0.15, 0.2) is 0 Å². The Balaban J connectivity index is 1.64. The van der Waals surface area contributed by atoms with Gasteiger partial charge in [0, 0.05) is 22.7 Å². The molecule has 0 N–H and O–H groups in total. The third kappa shape index (κ3) is 4.74. The van der Waals surface area contributed by atoms with Crippen LogP contribution >= 0.6 is 22.7 Å². The number of amides is 1. The lowest BCUT2D eigenvalue weighted by molar-refractivity contribution is -0.385. The molecule has 130 valence electrons. The lowest BCUT2D eigenvalue weighted by Crippen LogP contribution is -2.30. The predicted molar refractivity (Wildman–Crippen MR) is 96.4 cm³/mol. The summed E-state index contributed by atoms with van der Waals surface area (Å²) in [6.07, 6.45) is 2.78. The van der Waals surface area contributed by atoms with Crippen molar-refractivity contribution in [2.24, 2.45) is 0 Å². The Morgan fingerprint density at radius 3 is 2.32 bits per heavy atom. The van der Waals surface area contributed by atoms with Crippen molar-refractivity contribution in [2.45, 2.75) is 26.1 Å². The van der Waals surface area contributed by atoms with E-state index in [1.54, 1.807) is 22.7 Å². The van der Waals surface area contributed by atoms with Crippen molar-refractivity contribution in [2.75, 3.05) is 0 Å². The molecule has 0 bridgehead atoms. The molecule has 0 aliphatic rings. The van der Waals surface area contributed by atoms with Crippen LogP contribution < -0.4 is 0 Å². The van der Waals surface area contributed by atoms with E-state index in [4.69, 9.17) is 0 Å². The first-order chi connectivity index (χ1) is 12.1. The summed E-state index contributed by atoms with van der Waals surface area (Å²) >= 11 is 3.24. The summed E-state index contributed by atoms with van der Waals surface area (Å²) in [5, 5.41) is 18.6. The highest BCUT2D eigenvalue weighted by Crippen LogP contribution is 2.18. The van der Waals surface area contributed by atoms with Gasteiger partial charge in [0.25, 0.3) is 0 Å². The standard InChI is InChI=1S/C16H16N4O3S2/c21-16(5-6-19-10-13(9-17-19)20(22)23)18(11-14-3-1-7-24-14)12-15-4-2-8-25-15/h1-4,7-10H,5-6,11-12H2. The number of aryl methyl sites for hydroxylation is 1. The maximum atomic E-state index is 12.7. The Kier molecular flexibility index (Phi) is 5.56. The van der Waals surface area contributed by atoms with Crippen molar-refractivity contribution < 1.29 is 9.72 Å². The molecule has 7 nitrogen and oxygen atoms in total. The van der Waals surface area contributed by atoms with Crippen LogP contribution in [0.1, 0.15) is 16.2 Å². The number of carbonyl (C=O) groups is 1. The predicted octanol–water partition coefficient (Wildman–Crippen LogP) is 3.53. The number of carbonyl (C=O) groups excluding carboxylic acids is 1. The molecule has 3 heterocycles. The SMILES string of the molecule is O=C(CCn1cc([N+](=O)[O-])cn1)N(Cc1cccs1)Cc1cccs1. The summed E-state index contributed by atoms with van der Waals surface area (Å²) in [5.74, 6) is -0.0000435. The van der Waals surface area contributed by atoms with E-state index in [0.717, 1.165) is 9.75 Å². The van der Waals surface area contributed by atoms with Crippen molar-refractivity contribution in [3.05, 3.63) is 67.3 Å². The van der Waals surface area contributed by atoms with Crippen LogP contribution in [-0.4, -0.2) is 25.5 Å². The third-order valence-corrected chi connectivity index (χ3v) is 5.31. The minimum Gasteiger partial charge on any atom is -0.332 e. The first-order valence-corrected chi connectivity index (χ1v) is 9.37. The van der Waals surface area contributed by atoms with Crippen LogP contribution in [0.25, 0.3) is 0 Å². The van der Waals surface area contributed by atoms with Gasteiger partial charge >= 0.3 is 5.69 Å². The number of thiophene rings is 2. The maximum Gasteiger partial charge on any atom is 0.306 e. The summed E-state index contributed by atoms with van der Waals surface area (Å²) in [6.45, 7) is 1.44. The van der Waals surface area contributed by atoms with Crippen LogP contribution in [0.5, 0.6) is 0 Å². The average molecular weight is 376 g/mol. The highest BCUT2D eigenvalue weighted by molar-refractivity contribution is 7.10. The molecule has 0 saturated heterocycles. The molecule has 0 aliphatic carbocycles. The molecule has 9 heteroatoms. The summed E-state index contributed by atoms with van der Waals surface area (Å²) < 4.78 is 1.44. The summed E-state index contributed by atoms with van der Waals surface area (Å²) in [4.78, 5) is 26.9. The van der Waals surface area contributed by atoms with Crippen LogP contribution in [0, 0.1) is 10.1 Å². The van der Waals surface area contributed by atoms with Crippen molar-refractivity contribution in [1.82, 2.24) is 14.7 Å². The zero-order valence-electron chi connectivity index (χ0n) is 13.3. The summed E-state index contributed by atoms with van der Waals surface area (Å²) in [6, 6.07) is 7.96. The van der Waals surface area contributed by atoms with E-state index in [1.165, 1.54) is 17.1 Å². The molecule has 3 rings (SSSR count). The van der Waals surface area contributed by atoms with Crippen LogP contribution in [0.3, 0.4) is 0 Å². The molecule has 3 aromatic rings. The molecule has 25 heavy (non-hydrogen) atoms. The Hall–Kier alpha value is -2.52. The van der Waals surface area contributed by atoms with E-state index in [0.29, 0.717) is 19.6 Å². The van der Waals surface area contributed by atoms with E-state index in [9.17, 15) is 14.9 Å². The smallest absolute Gasteiger partial charge is 0.306 e. The number of nitro groups is 1. The number of hydrogen-bond acceptors (Lipinski definition) is 6. The largest absolute Gasteiger partial charge is 0.332 e. The van der Waals surface area contributed by atoms with Crippen molar-refractivity contribution >= 4 is 34.3 Å². The Morgan fingerprint density at radius 2 is 1.84 bits per heavy atom. The highest BCUT2D eigenvalue weighted by atomic mass is 32.1. The quantitative estimate of drug-likeness (QED) is 0.445. The van der Waals surface area contributed by atoms with Crippen LogP contribution in [0.15, 0.2) is 47.4 Å². The fourth-order valence-electron chi connectivity index (χ4n) is 2.35. The fourth-order valence-corrected chi connectivity index (χ4v) is 3.79. The van der Waals surface area contributed by atoms with E-state index < -0.39 is 4.92 Å². The molecule has 0 fully saturated rings. The van der Waals surface area contributed by atoms with E-state index in [2.05, 4.69) is 5.10 Å². The second kappa shape index (κ2) is 8.04. The molecule has 0 saturated carbocycles. The number of nitrogens with zero attached hydrogens (tertiary/aromatic N) is 4. The summed E-state index contributed by atoms with van der Waals surface area (Å²) in [7, 11) is 0. The van der Waals surface area contributed by atoms with Crippen molar-refractivity contribution in [1.29, 1.82) is 0 Å². The normalized spacial score (nSPS) is 10.7. The van der Waals surface area contributed by atoms with E-state index in [1.807, 2.05) is 39.9 Å². The molecular formula is C16H16N4O3S2. The minimum absolute atomic E-state index is 0.0000435. The molecule has 0 aliphatic heterocycles. The van der Waals surface area contributed by atoms with Crippen molar-refractivity contribution in [3.8, 4) is 0 Å². The van der Waals surface area contributed by atoms with E-state index >= 15 is 0 Å². The molecule has 0 spiro atoms. The van der Waals surface area contributed by atoms with Gasteiger partial charge in [0.05, 0.1) is 18.0 Å². The maximum absolute atomic E-state index is 12.7. The molecule has 1 amide bonds. The van der Waals surface area contributed by atoms with Gasteiger partial charge in [-0.1, -0.05) is 12.1 Å². The Bertz CT molecular complexity index is 791. The molecule has 0 unspecified atom stereocenters. The second-order valence-corrected chi connectivity index (χ2v) is 7.44. The molecule has 0 aromatic carbocycles. The summed E-state index contributed by atoms with van der Waals surface area (Å²) in [5.41, 5.74) is -0.0681. The Morgan fingerprint density at radius 1 is 1.20 bits per heavy atom. The van der Waals surface area contributed by atoms with Gasteiger partial charge in [-0.2, -0.15) is 5.10 Å². The van der Waals surface area contributed by atoms with Gasteiger partial charge in [-0.15, -0.1) is 22.7 Å². The molecule has 0 radical (unpaired) electrons. The topological polar surface area (TPSA) is 81.3 Å². The zero-order valence-corrected chi connectivity index (χ0v) is 14.9. The van der Waals surface area contributed by atoms with Gasteiger partial charge in [-0.05, 0) is 22.9 Å². The van der Waals surface area contributed by atoms with Gasteiger partial charge < -0.3 is 4.90 Å². The monoisotopic (exact) mass is 376 g/mol. The van der Waals surface area contributed by atoms with Gasteiger partial charge in [0.1, 0.15) is 12.4 Å². The molecule has 3 aromatic heterocycles. The highest BCUT2D eigenvalue weighted by Gasteiger charge is 2.17. The number of rotatable bonds is 8. The molecule has 0 atom stereocenters. The fraction of sp³-hybridized carbons (Fsp3) is 0.250. The van der Waals surface area contributed by atoms with E-state index in [-0.39, 0.29) is 18.0 Å². The lowest BCUT2D eigenvalue weighted by Gasteiger charge is -2.21. The number of aromatic nitrogens is 2. The molecular weight excluding hydrogens is 360 g/mol. The van der Waals surface area contributed by atoms with Gasteiger partial charge in [-0.25, -0.2) is 0 Å². The lowest BCUT2D eigenvalue weighted by atomic mass is 10.3. The zero-order chi connectivity index (χ0) is 17.6. The Labute approximate surface area is 152 Å². The minimum atomic E-state index is -0.495. The third-order valence-electron chi connectivity index (χ3n) is 3.59. The second-order valence-electron chi connectivity index (χ2n) is 5.38. The van der Waals surface area contributed by atoms with Crippen LogP contribution in [0.2, 0.25) is 0 Å². The van der Waals surface area contributed by atoms with Crippen LogP contribution in [0.4, 0.5) is 5.69 Å². The average Bonchev–Trinajstić information content (AvgIpc) is 3.34. The first kappa shape index (κ1) is 17.3. The van der Waals surface area contributed by atoms with Gasteiger partial charge in [0.2, 0.25) is 5.91 Å². The van der Waals surface area contributed by atoms with Gasteiger partial charge in [-0.3, -0.25) is 19.6 Å². The number of hydrogen-bond donors (Lipinski definition) is 0. The van der Waals surface area contributed by atoms with Crippen LogP contribution in [-0.2, 0) is 24.4 Å². The first-order valence-electron chi connectivity index (χ1n) is 7.61. The van der Waals surface area contributed by atoms with Crippen molar-refractivity contribution in [3.63, 3.8) is 0 Å².